The van der Waals surface area contributed by atoms with Crippen molar-refractivity contribution in [2.75, 3.05) is 19.7 Å². The summed E-state index contributed by atoms with van der Waals surface area (Å²) in [5.41, 5.74) is -0.180. The van der Waals surface area contributed by atoms with E-state index in [9.17, 15) is 22.4 Å². The fraction of sp³-hybridized carbons (Fsp3) is 0.519. The van der Waals surface area contributed by atoms with Crippen molar-refractivity contribution in [1.82, 2.24) is 10.2 Å². The van der Waals surface area contributed by atoms with Crippen LogP contribution in [0.5, 0.6) is 0 Å². The van der Waals surface area contributed by atoms with Crippen molar-refractivity contribution in [1.29, 1.82) is 0 Å². The number of nitrogens with one attached hydrogen (secondary N) is 1. The predicted octanol–water partition coefficient (Wildman–Crippen LogP) is 5.84. The lowest BCUT2D eigenvalue weighted by Crippen LogP contribution is -2.55. The standard InChI is InChI=1S/C27H32F4N2O2/c1-18(21-4-3-5-22(16-21)27(29,30)31)32-25(34)26(2)13-10-24(17-35-26)33-14-11-20(12-15-33)19-6-8-23(28)9-7-19/h3-9,16,18,20,24H,10-15,17H2,1-2H3,(H,32,34)/t18-,24-,26-/m1/s1. The minimum atomic E-state index is -4.43. The van der Waals surface area contributed by atoms with Gasteiger partial charge in [0.2, 0.25) is 0 Å². The van der Waals surface area contributed by atoms with Crippen LogP contribution < -0.4 is 5.32 Å². The number of ether oxygens (including phenoxy) is 1. The molecule has 4 rings (SSSR count). The number of amides is 1. The van der Waals surface area contributed by atoms with Crippen LogP contribution in [0.1, 0.15) is 68.2 Å². The highest BCUT2D eigenvalue weighted by molar-refractivity contribution is 5.85. The Kier molecular flexibility index (Phi) is 7.52. The maximum Gasteiger partial charge on any atom is 0.416 e. The SMILES string of the molecule is C[C@@H](NC(=O)[C@@]1(C)CC[C@@H](N2CCC(c3ccc(F)cc3)CC2)CO1)c1cccc(C(F)(F)F)c1. The van der Waals surface area contributed by atoms with Crippen molar-refractivity contribution in [3.63, 3.8) is 0 Å². The summed E-state index contributed by atoms with van der Waals surface area (Å²) in [7, 11) is 0. The maximum atomic E-state index is 13.2. The number of carbonyl (C=O) groups excluding carboxylic acids is 1. The zero-order valence-corrected chi connectivity index (χ0v) is 20.1. The van der Waals surface area contributed by atoms with Crippen LogP contribution in [-0.4, -0.2) is 42.1 Å². The van der Waals surface area contributed by atoms with Crippen LogP contribution in [0.25, 0.3) is 0 Å². The Morgan fingerprint density at radius 3 is 2.40 bits per heavy atom. The lowest BCUT2D eigenvalue weighted by molar-refractivity contribution is -0.157. The summed E-state index contributed by atoms with van der Waals surface area (Å²) >= 11 is 0. The molecule has 1 N–H and O–H groups in total. The summed E-state index contributed by atoms with van der Waals surface area (Å²) in [4.78, 5) is 15.4. The van der Waals surface area contributed by atoms with Crippen molar-refractivity contribution in [3.8, 4) is 0 Å². The smallest absolute Gasteiger partial charge is 0.364 e. The molecule has 4 nitrogen and oxygen atoms in total. The van der Waals surface area contributed by atoms with E-state index in [1.54, 1.807) is 19.9 Å². The monoisotopic (exact) mass is 492 g/mol. The molecule has 0 spiro atoms. The predicted molar refractivity (Wildman–Crippen MR) is 125 cm³/mol. The average molecular weight is 493 g/mol. The molecular weight excluding hydrogens is 460 g/mol. The van der Waals surface area contributed by atoms with E-state index in [1.807, 2.05) is 12.1 Å². The fourth-order valence-corrected chi connectivity index (χ4v) is 5.09. The number of hydrogen-bond donors (Lipinski definition) is 1. The maximum absolute atomic E-state index is 13.2. The van der Waals surface area contributed by atoms with Crippen molar-refractivity contribution in [2.45, 2.75) is 69.3 Å². The van der Waals surface area contributed by atoms with E-state index in [4.69, 9.17) is 4.74 Å². The van der Waals surface area contributed by atoms with Gasteiger partial charge in [-0.3, -0.25) is 9.69 Å². The molecule has 3 atom stereocenters. The Hall–Kier alpha value is -2.45. The number of hydrogen-bond acceptors (Lipinski definition) is 3. The summed E-state index contributed by atoms with van der Waals surface area (Å²) in [5.74, 6) is -0.109. The molecule has 2 aromatic carbocycles. The Balaban J connectivity index is 1.28. The molecule has 8 heteroatoms. The van der Waals surface area contributed by atoms with Crippen LogP contribution in [-0.2, 0) is 15.7 Å². The minimum absolute atomic E-state index is 0.221. The van der Waals surface area contributed by atoms with E-state index in [-0.39, 0.29) is 17.8 Å². The van der Waals surface area contributed by atoms with E-state index in [2.05, 4.69) is 10.2 Å². The van der Waals surface area contributed by atoms with E-state index >= 15 is 0 Å². The van der Waals surface area contributed by atoms with Crippen LogP contribution >= 0.6 is 0 Å². The summed E-state index contributed by atoms with van der Waals surface area (Å²) < 4.78 is 58.4. The first-order valence-corrected chi connectivity index (χ1v) is 12.2. The number of likely N-dealkylation sites (tertiary alicyclic amines) is 1. The summed E-state index contributed by atoms with van der Waals surface area (Å²) in [6, 6.07) is 11.4. The molecule has 0 radical (unpaired) electrons. The topological polar surface area (TPSA) is 41.6 Å². The molecular formula is C27H32F4N2O2. The molecule has 0 saturated carbocycles. The molecule has 0 bridgehead atoms. The minimum Gasteiger partial charge on any atom is -0.364 e. The van der Waals surface area contributed by atoms with Crippen LogP contribution in [0.15, 0.2) is 48.5 Å². The molecule has 0 unspecified atom stereocenters. The third-order valence-corrected chi connectivity index (χ3v) is 7.48. The van der Waals surface area contributed by atoms with Crippen LogP contribution in [0.3, 0.4) is 0 Å². The Bertz CT molecular complexity index is 1010. The number of rotatable bonds is 5. The molecule has 0 aliphatic carbocycles. The van der Waals surface area contributed by atoms with Crippen molar-refractivity contribution in [3.05, 3.63) is 71.0 Å². The number of carbonyl (C=O) groups is 1. The van der Waals surface area contributed by atoms with Gasteiger partial charge >= 0.3 is 6.18 Å². The van der Waals surface area contributed by atoms with E-state index in [0.29, 0.717) is 24.5 Å². The lowest BCUT2D eigenvalue weighted by atomic mass is 9.87. The van der Waals surface area contributed by atoms with E-state index in [1.165, 1.54) is 23.8 Å². The van der Waals surface area contributed by atoms with Crippen molar-refractivity contribution in [2.24, 2.45) is 0 Å². The van der Waals surface area contributed by atoms with Crippen LogP contribution in [0.4, 0.5) is 17.6 Å². The molecule has 2 fully saturated rings. The Morgan fingerprint density at radius 1 is 1.11 bits per heavy atom. The van der Waals surface area contributed by atoms with E-state index in [0.717, 1.165) is 44.5 Å². The van der Waals surface area contributed by atoms with Gasteiger partial charge in [-0.25, -0.2) is 4.39 Å². The van der Waals surface area contributed by atoms with Gasteiger partial charge in [0.1, 0.15) is 11.4 Å². The van der Waals surface area contributed by atoms with Gasteiger partial charge in [0.25, 0.3) is 5.91 Å². The molecule has 190 valence electrons. The molecule has 2 aliphatic heterocycles. The summed E-state index contributed by atoms with van der Waals surface area (Å²) in [5, 5.41) is 2.84. The number of benzene rings is 2. The van der Waals surface area contributed by atoms with Crippen LogP contribution in [0.2, 0.25) is 0 Å². The quantitative estimate of drug-likeness (QED) is 0.534. The third kappa shape index (κ3) is 6.04. The second-order valence-electron chi connectivity index (χ2n) is 9.91. The number of halogens is 4. The fourth-order valence-electron chi connectivity index (χ4n) is 5.09. The second kappa shape index (κ2) is 10.3. The van der Waals surface area contributed by atoms with E-state index < -0.39 is 23.4 Å². The van der Waals surface area contributed by atoms with Gasteiger partial charge in [0, 0.05) is 6.04 Å². The van der Waals surface area contributed by atoms with Gasteiger partial charge in [-0.15, -0.1) is 0 Å². The number of alkyl halides is 3. The zero-order chi connectivity index (χ0) is 25.2. The van der Waals surface area contributed by atoms with Gasteiger partial charge < -0.3 is 10.1 Å². The van der Waals surface area contributed by atoms with Crippen molar-refractivity contribution >= 4 is 5.91 Å². The highest BCUT2D eigenvalue weighted by Crippen LogP contribution is 2.34. The first kappa shape index (κ1) is 25.6. The molecule has 1 amide bonds. The van der Waals surface area contributed by atoms with Gasteiger partial charge in [-0.05, 0) is 93.9 Å². The van der Waals surface area contributed by atoms with Gasteiger partial charge in [-0.1, -0.05) is 24.3 Å². The van der Waals surface area contributed by atoms with Gasteiger partial charge in [0.15, 0.2) is 0 Å². The summed E-state index contributed by atoms with van der Waals surface area (Å²) in [6.45, 7) is 5.70. The first-order chi connectivity index (χ1) is 16.5. The van der Waals surface area contributed by atoms with Gasteiger partial charge in [0.05, 0.1) is 18.2 Å². The van der Waals surface area contributed by atoms with Gasteiger partial charge in [-0.2, -0.15) is 13.2 Å². The number of piperidine rings is 1. The molecule has 2 aliphatic rings. The lowest BCUT2D eigenvalue weighted by Gasteiger charge is -2.43. The summed E-state index contributed by atoms with van der Waals surface area (Å²) in [6.07, 6.45) is -1.09. The largest absolute Gasteiger partial charge is 0.416 e. The number of nitrogens with zero attached hydrogens (tertiary/aromatic N) is 1. The Morgan fingerprint density at radius 2 is 1.80 bits per heavy atom. The molecule has 35 heavy (non-hydrogen) atoms. The molecule has 2 saturated heterocycles. The van der Waals surface area contributed by atoms with Crippen LogP contribution in [0, 0.1) is 5.82 Å². The third-order valence-electron chi connectivity index (χ3n) is 7.48. The van der Waals surface area contributed by atoms with Crippen molar-refractivity contribution < 1.29 is 27.1 Å². The highest BCUT2D eigenvalue weighted by Gasteiger charge is 2.41. The average Bonchev–Trinajstić information content (AvgIpc) is 2.85. The molecule has 2 aromatic rings. The normalized spacial score (nSPS) is 25.3. The zero-order valence-electron chi connectivity index (χ0n) is 20.1. The Labute approximate surface area is 203 Å². The second-order valence-corrected chi connectivity index (χ2v) is 9.91. The highest BCUT2D eigenvalue weighted by atomic mass is 19.4. The first-order valence-electron chi connectivity index (χ1n) is 12.2. The molecule has 0 aromatic heterocycles. The molecule has 2 heterocycles.